The summed E-state index contributed by atoms with van der Waals surface area (Å²) >= 11 is 0. The summed E-state index contributed by atoms with van der Waals surface area (Å²) in [6.07, 6.45) is 2.21. The molecule has 0 aromatic carbocycles. The molecule has 0 radical (unpaired) electrons. The van der Waals surface area contributed by atoms with Crippen LogP contribution in [-0.4, -0.2) is 36.5 Å². The second-order valence-corrected chi connectivity index (χ2v) is 4.55. The molecule has 0 saturated carbocycles. The highest BCUT2D eigenvalue weighted by Gasteiger charge is 2.23. The largest absolute Gasteiger partial charge is 0.340 e. The molecule has 0 aromatic rings. The van der Waals surface area contributed by atoms with Gasteiger partial charge < -0.3 is 10.2 Å². The first-order valence-corrected chi connectivity index (χ1v) is 5.59. The van der Waals surface area contributed by atoms with E-state index in [0.29, 0.717) is 12.0 Å². The molecule has 0 spiro atoms. The highest BCUT2D eigenvalue weighted by molar-refractivity contribution is 5.85. The Morgan fingerprint density at radius 3 is 2.33 bits per heavy atom. The van der Waals surface area contributed by atoms with Crippen molar-refractivity contribution in [3.63, 3.8) is 0 Å². The van der Waals surface area contributed by atoms with Gasteiger partial charge in [-0.25, -0.2) is 0 Å². The molecular weight excluding hydrogens is 212 g/mol. The van der Waals surface area contributed by atoms with Crippen molar-refractivity contribution in [2.75, 3.05) is 19.6 Å². The van der Waals surface area contributed by atoms with Gasteiger partial charge in [0.2, 0.25) is 5.91 Å². The third kappa shape index (κ3) is 4.85. The molecule has 15 heavy (non-hydrogen) atoms. The van der Waals surface area contributed by atoms with Gasteiger partial charge in [-0.3, -0.25) is 4.79 Å². The van der Waals surface area contributed by atoms with E-state index in [0.717, 1.165) is 32.5 Å². The van der Waals surface area contributed by atoms with E-state index in [1.807, 2.05) is 4.90 Å². The maximum absolute atomic E-state index is 11.5. The highest BCUT2D eigenvalue weighted by Crippen LogP contribution is 2.13. The van der Waals surface area contributed by atoms with Crippen LogP contribution in [0.2, 0.25) is 0 Å². The minimum atomic E-state index is 0. The Balaban J connectivity index is 0.00000196. The van der Waals surface area contributed by atoms with E-state index in [4.69, 9.17) is 0 Å². The zero-order valence-corrected chi connectivity index (χ0v) is 10.8. The summed E-state index contributed by atoms with van der Waals surface area (Å²) < 4.78 is 0. The number of halogens is 1. The van der Waals surface area contributed by atoms with Gasteiger partial charge in [-0.05, 0) is 31.8 Å². The minimum Gasteiger partial charge on any atom is -0.340 e. The number of piperidine rings is 1. The Labute approximate surface area is 99.0 Å². The van der Waals surface area contributed by atoms with Gasteiger partial charge in [-0.1, -0.05) is 13.8 Å². The smallest absolute Gasteiger partial charge is 0.219 e. The number of rotatable bonds is 3. The fourth-order valence-corrected chi connectivity index (χ4v) is 2.05. The average molecular weight is 235 g/mol. The molecule has 0 atom stereocenters. The fourth-order valence-electron chi connectivity index (χ4n) is 2.05. The summed E-state index contributed by atoms with van der Waals surface area (Å²) in [5, 5.41) is 3.32. The van der Waals surface area contributed by atoms with Crippen LogP contribution in [0.3, 0.4) is 0 Å². The normalized spacial score (nSPS) is 17.3. The Bertz CT molecular complexity index is 191. The summed E-state index contributed by atoms with van der Waals surface area (Å²) in [6, 6.07) is 0.469. The van der Waals surface area contributed by atoms with Crippen molar-refractivity contribution in [2.45, 2.75) is 39.7 Å². The number of hydrogen-bond acceptors (Lipinski definition) is 2. The highest BCUT2D eigenvalue weighted by atomic mass is 35.5. The van der Waals surface area contributed by atoms with Crippen molar-refractivity contribution in [1.82, 2.24) is 10.2 Å². The maximum Gasteiger partial charge on any atom is 0.219 e. The van der Waals surface area contributed by atoms with Gasteiger partial charge in [0.05, 0.1) is 0 Å². The van der Waals surface area contributed by atoms with Crippen LogP contribution in [0, 0.1) is 5.92 Å². The Morgan fingerprint density at radius 1 is 1.40 bits per heavy atom. The van der Waals surface area contributed by atoms with Gasteiger partial charge in [0, 0.05) is 19.5 Å². The van der Waals surface area contributed by atoms with E-state index >= 15 is 0 Å². The first kappa shape index (κ1) is 14.7. The zero-order valence-electron chi connectivity index (χ0n) is 9.95. The second kappa shape index (κ2) is 7.07. The molecule has 1 saturated heterocycles. The maximum atomic E-state index is 11.5. The summed E-state index contributed by atoms with van der Waals surface area (Å²) in [7, 11) is 0. The zero-order chi connectivity index (χ0) is 10.6. The van der Waals surface area contributed by atoms with E-state index in [9.17, 15) is 4.79 Å². The summed E-state index contributed by atoms with van der Waals surface area (Å²) in [6.45, 7) is 9.01. The molecule has 0 bridgehead atoms. The molecule has 1 fully saturated rings. The van der Waals surface area contributed by atoms with Crippen molar-refractivity contribution in [3.8, 4) is 0 Å². The van der Waals surface area contributed by atoms with E-state index in [2.05, 4.69) is 19.2 Å². The first-order chi connectivity index (χ1) is 6.61. The Hall–Kier alpha value is -0.280. The van der Waals surface area contributed by atoms with Crippen molar-refractivity contribution in [3.05, 3.63) is 0 Å². The number of amides is 1. The van der Waals surface area contributed by atoms with Gasteiger partial charge in [0.25, 0.3) is 0 Å². The summed E-state index contributed by atoms with van der Waals surface area (Å²) in [5.74, 6) is 0.791. The van der Waals surface area contributed by atoms with Crippen LogP contribution in [-0.2, 0) is 4.79 Å². The molecule has 1 aliphatic rings. The van der Waals surface area contributed by atoms with Gasteiger partial charge in [-0.2, -0.15) is 0 Å². The Kier molecular flexibility index (Phi) is 6.94. The van der Waals surface area contributed by atoms with Crippen LogP contribution < -0.4 is 5.32 Å². The van der Waals surface area contributed by atoms with Crippen LogP contribution in [0.25, 0.3) is 0 Å². The molecule has 0 unspecified atom stereocenters. The average Bonchev–Trinajstić information content (AvgIpc) is 2.15. The van der Waals surface area contributed by atoms with Crippen LogP contribution in [0.15, 0.2) is 0 Å². The van der Waals surface area contributed by atoms with Crippen molar-refractivity contribution in [1.29, 1.82) is 0 Å². The van der Waals surface area contributed by atoms with Crippen molar-refractivity contribution < 1.29 is 4.79 Å². The van der Waals surface area contributed by atoms with Gasteiger partial charge in [0.1, 0.15) is 0 Å². The molecule has 1 heterocycles. The first-order valence-electron chi connectivity index (χ1n) is 5.59. The number of nitrogens with zero attached hydrogens (tertiary/aromatic N) is 1. The molecule has 0 aliphatic carbocycles. The van der Waals surface area contributed by atoms with Crippen molar-refractivity contribution in [2.24, 2.45) is 5.92 Å². The van der Waals surface area contributed by atoms with Gasteiger partial charge in [0.15, 0.2) is 0 Å². The number of hydrogen-bond donors (Lipinski definition) is 1. The quantitative estimate of drug-likeness (QED) is 0.806. The lowest BCUT2D eigenvalue weighted by Crippen LogP contribution is -2.46. The molecule has 1 N–H and O–H groups in total. The monoisotopic (exact) mass is 234 g/mol. The molecule has 0 aromatic heterocycles. The molecule has 1 rings (SSSR count). The molecule has 3 nitrogen and oxygen atoms in total. The SMILES string of the molecule is CC(=O)N(CC(C)C)C1CCNCC1.Cl. The van der Waals surface area contributed by atoms with Gasteiger partial charge >= 0.3 is 0 Å². The molecule has 90 valence electrons. The van der Waals surface area contributed by atoms with Crippen LogP contribution >= 0.6 is 12.4 Å². The van der Waals surface area contributed by atoms with Crippen molar-refractivity contribution >= 4 is 18.3 Å². The van der Waals surface area contributed by atoms with E-state index in [-0.39, 0.29) is 18.3 Å². The number of carbonyl (C=O) groups excluding carboxylic acids is 1. The number of carbonyl (C=O) groups is 1. The summed E-state index contributed by atoms with van der Waals surface area (Å²) in [5.41, 5.74) is 0. The topological polar surface area (TPSA) is 32.3 Å². The standard InChI is InChI=1S/C11H22N2O.ClH/c1-9(2)8-13(10(3)14)11-4-6-12-7-5-11;/h9,11-12H,4-8H2,1-3H3;1H. The third-order valence-corrected chi connectivity index (χ3v) is 2.72. The minimum absolute atomic E-state index is 0. The second-order valence-electron chi connectivity index (χ2n) is 4.55. The third-order valence-electron chi connectivity index (χ3n) is 2.72. The molecular formula is C11H23ClN2O. The summed E-state index contributed by atoms with van der Waals surface area (Å²) in [4.78, 5) is 13.5. The fraction of sp³-hybridized carbons (Fsp3) is 0.909. The van der Waals surface area contributed by atoms with E-state index < -0.39 is 0 Å². The van der Waals surface area contributed by atoms with Crippen LogP contribution in [0.4, 0.5) is 0 Å². The lowest BCUT2D eigenvalue weighted by Gasteiger charge is -2.35. The van der Waals surface area contributed by atoms with E-state index in [1.54, 1.807) is 6.92 Å². The van der Waals surface area contributed by atoms with Crippen LogP contribution in [0.5, 0.6) is 0 Å². The molecule has 1 aliphatic heterocycles. The van der Waals surface area contributed by atoms with Crippen LogP contribution in [0.1, 0.15) is 33.6 Å². The lowest BCUT2D eigenvalue weighted by molar-refractivity contribution is -0.132. The molecule has 1 amide bonds. The lowest BCUT2D eigenvalue weighted by atomic mass is 10.0. The molecule has 4 heteroatoms. The predicted molar refractivity (Wildman–Crippen MR) is 65.4 cm³/mol. The number of nitrogens with one attached hydrogen (secondary N) is 1. The van der Waals surface area contributed by atoms with Gasteiger partial charge in [-0.15, -0.1) is 12.4 Å². The van der Waals surface area contributed by atoms with E-state index in [1.165, 1.54) is 0 Å². The Morgan fingerprint density at radius 2 is 1.93 bits per heavy atom. The predicted octanol–water partition coefficient (Wildman–Crippen LogP) is 1.66.